The van der Waals surface area contributed by atoms with Gasteiger partial charge in [0.15, 0.2) is 0 Å². The van der Waals surface area contributed by atoms with Gasteiger partial charge in [-0.3, -0.25) is 0 Å². The van der Waals surface area contributed by atoms with Crippen LogP contribution in [0.2, 0.25) is 10.0 Å². The third-order valence-corrected chi connectivity index (χ3v) is 3.59. The molecule has 2 N–H and O–H groups in total. The van der Waals surface area contributed by atoms with Crippen LogP contribution in [0.4, 0.5) is 0 Å². The summed E-state index contributed by atoms with van der Waals surface area (Å²) in [5.74, 6) is 0.600. The zero-order valence-electron chi connectivity index (χ0n) is 10.6. The van der Waals surface area contributed by atoms with Crippen LogP contribution in [0.1, 0.15) is 6.42 Å². The fraction of sp³-hybridized carbons (Fsp3) is 0.538. The first-order valence-electron chi connectivity index (χ1n) is 6.09. The van der Waals surface area contributed by atoms with Crippen LogP contribution in [-0.2, 0) is 9.47 Å². The molecule has 106 valence electrons. The molecule has 3 atom stereocenters. The minimum Gasteiger partial charge on any atom is -0.486 e. The van der Waals surface area contributed by atoms with E-state index in [1.54, 1.807) is 25.3 Å². The summed E-state index contributed by atoms with van der Waals surface area (Å²) in [6.07, 6.45) is 0.545. The molecule has 0 saturated heterocycles. The average molecular weight is 306 g/mol. The second-order valence-electron chi connectivity index (χ2n) is 4.46. The zero-order valence-corrected chi connectivity index (χ0v) is 12.2. The molecule has 3 unspecified atom stereocenters. The van der Waals surface area contributed by atoms with E-state index in [1.165, 1.54) is 0 Å². The molecule has 0 bridgehead atoms. The van der Waals surface area contributed by atoms with Crippen molar-refractivity contribution in [2.75, 3.05) is 20.3 Å². The Morgan fingerprint density at radius 3 is 2.74 bits per heavy atom. The third-order valence-electron chi connectivity index (χ3n) is 3.06. The summed E-state index contributed by atoms with van der Waals surface area (Å²) in [5.41, 5.74) is 5.91. The molecule has 0 aliphatic heterocycles. The van der Waals surface area contributed by atoms with Crippen molar-refractivity contribution >= 4 is 23.2 Å². The predicted molar refractivity (Wildman–Crippen MR) is 75.1 cm³/mol. The molecular formula is C13H17Cl2NO3. The van der Waals surface area contributed by atoms with Crippen molar-refractivity contribution in [3.8, 4) is 5.75 Å². The molecule has 1 fully saturated rings. The molecule has 1 aliphatic carbocycles. The lowest BCUT2D eigenvalue weighted by atomic mass is 9.86. The van der Waals surface area contributed by atoms with Crippen molar-refractivity contribution < 1.29 is 14.2 Å². The highest BCUT2D eigenvalue weighted by atomic mass is 35.5. The third kappa shape index (κ3) is 3.74. The number of halogens is 2. The largest absolute Gasteiger partial charge is 0.486 e. The molecule has 0 heterocycles. The van der Waals surface area contributed by atoms with E-state index in [-0.39, 0.29) is 18.2 Å². The van der Waals surface area contributed by atoms with E-state index in [2.05, 4.69) is 0 Å². The lowest BCUT2D eigenvalue weighted by Gasteiger charge is -2.41. The molecule has 1 aliphatic rings. The van der Waals surface area contributed by atoms with Gasteiger partial charge in [0.25, 0.3) is 0 Å². The SMILES string of the molecule is COCCOC1C(N)CC1Oc1ccc(Cl)cc1Cl. The minimum absolute atomic E-state index is 0.00654. The van der Waals surface area contributed by atoms with Crippen molar-refractivity contribution in [3.63, 3.8) is 0 Å². The van der Waals surface area contributed by atoms with Gasteiger partial charge in [-0.2, -0.15) is 0 Å². The Morgan fingerprint density at radius 1 is 1.32 bits per heavy atom. The van der Waals surface area contributed by atoms with Crippen LogP contribution in [0.5, 0.6) is 5.75 Å². The van der Waals surface area contributed by atoms with Gasteiger partial charge < -0.3 is 19.9 Å². The first kappa shape index (κ1) is 14.9. The summed E-state index contributed by atoms with van der Waals surface area (Å²) in [7, 11) is 1.63. The fourth-order valence-corrected chi connectivity index (χ4v) is 2.42. The standard InChI is InChI=1S/C13H17Cl2NO3/c1-17-4-5-18-13-10(16)7-12(13)19-11-3-2-8(14)6-9(11)15/h2-3,6,10,12-13H,4-5,7,16H2,1H3. The van der Waals surface area contributed by atoms with E-state index < -0.39 is 0 Å². The molecular weight excluding hydrogens is 289 g/mol. The molecule has 6 heteroatoms. The van der Waals surface area contributed by atoms with Gasteiger partial charge in [0.1, 0.15) is 18.0 Å². The maximum atomic E-state index is 6.06. The quantitative estimate of drug-likeness (QED) is 0.821. The van der Waals surface area contributed by atoms with E-state index in [4.69, 9.17) is 43.1 Å². The smallest absolute Gasteiger partial charge is 0.138 e. The number of rotatable bonds is 6. The van der Waals surface area contributed by atoms with Crippen LogP contribution in [0, 0.1) is 0 Å². The van der Waals surface area contributed by atoms with Crippen molar-refractivity contribution in [1.29, 1.82) is 0 Å². The second kappa shape index (κ2) is 6.77. The van der Waals surface area contributed by atoms with Crippen LogP contribution < -0.4 is 10.5 Å². The lowest BCUT2D eigenvalue weighted by Crippen LogP contribution is -2.59. The summed E-state index contributed by atoms with van der Waals surface area (Å²) in [6.45, 7) is 1.04. The van der Waals surface area contributed by atoms with Gasteiger partial charge in [0, 0.05) is 24.6 Å². The molecule has 0 radical (unpaired) electrons. The van der Waals surface area contributed by atoms with Gasteiger partial charge in [0.05, 0.1) is 18.2 Å². The van der Waals surface area contributed by atoms with E-state index in [0.717, 1.165) is 6.42 Å². The van der Waals surface area contributed by atoms with Gasteiger partial charge in [-0.05, 0) is 18.2 Å². The maximum Gasteiger partial charge on any atom is 0.138 e. The number of hydrogen-bond donors (Lipinski definition) is 1. The van der Waals surface area contributed by atoms with Crippen LogP contribution >= 0.6 is 23.2 Å². The first-order chi connectivity index (χ1) is 9.11. The topological polar surface area (TPSA) is 53.7 Å². The van der Waals surface area contributed by atoms with Crippen LogP contribution in [0.15, 0.2) is 18.2 Å². The van der Waals surface area contributed by atoms with Crippen LogP contribution in [-0.4, -0.2) is 38.6 Å². The lowest BCUT2D eigenvalue weighted by molar-refractivity contribution is -0.107. The van der Waals surface area contributed by atoms with Gasteiger partial charge in [-0.25, -0.2) is 0 Å². The molecule has 4 nitrogen and oxygen atoms in total. The predicted octanol–water partition coefficient (Wildman–Crippen LogP) is 2.50. The Morgan fingerprint density at radius 2 is 2.11 bits per heavy atom. The summed E-state index contributed by atoms with van der Waals surface area (Å²) in [6, 6.07) is 5.13. The van der Waals surface area contributed by atoms with Crippen molar-refractivity contribution in [1.82, 2.24) is 0 Å². The van der Waals surface area contributed by atoms with Crippen LogP contribution in [0.3, 0.4) is 0 Å². The molecule has 1 saturated carbocycles. The van der Waals surface area contributed by atoms with Gasteiger partial charge >= 0.3 is 0 Å². The van der Waals surface area contributed by atoms with E-state index in [9.17, 15) is 0 Å². The number of ether oxygens (including phenoxy) is 3. The monoisotopic (exact) mass is 305 g/mol. The minimum atomic E-state index is -0.123. The number of benzene rings is 1. The normalized spacial score (nSPS) is 26.0. The zero-order chi connectivity index (χ0) is 13.8. The summed E-state index contributed by atoms with van der Waals surface area (Å²) < 4.78 is 16.4. The molecule has 0 spiro atoms. The fourth-order valence-electron chi connectivity index (χ4n) is 1.96. The molecule has 0 aromatic heterocycles. The summed E-state index contributed by atoms with van der Waals surface area (Å²) in [4.78, 5) is 0. The maximum absolute atomic E-state index is 6.06. The van der Waals surface area contributed by atoms with Gasteiger partial charge in [-0.15, -0.1) is 0 Å². The van der Waals surface area contributed by atoms with Gasteiger partial charge in [-0.1, -0.05) is 23.2 Å². The Balaban J connectivity index is 1.91. The van der Waals surface area contributed by atoms with Crippen LogP contribution in [0.25, 0.3) is 0 Å². The first-order valence-corrected chi connectivity index (χ1v) is 6.85. The highest BCUT2D eigenvalue weighted by molar-refractivity contribution is 6.35. The Bertz CT molecular complexity index is 430. The Labute approximate surface area is 122 Å². The van der Waals surface area contributed by atoms with E-state index in [0.29, 0.717) is 29.0 Å². The van der Waals surface area contributed by atoms with E-state index in [1.807, 2.05) is 0 Å². The number of methoxy groups -OCH3 is 1. The van der Waals surface area contributed by atoms with E-state index >= 15 is 0 Å². The summed E-state index contributed by atoms with van der Waals surface area (Å²) >= 11 is 11.9. The second-order valence-corrected chi connectivity index (χ2v) is 5.30. The molecule has 2 rings (SSSR count). The molecule has 19 heavy (non-hydrogen) atoms. The van der Waals surface area contributed by atoms with Gasteiger partial charge in [0.2, 0.25) is 0 Å². The van der Waals surface area contributed by atoms with Crippen molar-refractivity contribution in [2.45, 2.75) is 24.7 Å². The molecule has 0 amide bonds. The Kier molecular flexibility index (Phi) is 5.30. The molecule has 1 aromatic rings. The van der Waals surface area contributed by atoms with Crippen molar-refractivity contribution in [2.24, 2.45) is 5.73 Å². The molecule has 1 aromatic carbocycles. The Hall–Kier alpha value is -0.520. The number of nitrogens with two attached hydrogens (primary N) is 1. The highest BCUT2D eigenvalue weighted by Gasteiger charge is 2.41. The highest BCUT2D eigenvalue weighted by Crippen LogP contribution is 2.33. The summed E-state index contributed by atoms with van der Waals surface area (Å²) in [5, 5.41) is 1.07. The van der Waals surface area contributed by atoms with Crippen molar-refractivity contribution in [3.05, 3.63) is 28.2 Å². The number of hydrogen-bond acceptors (Lipinski definition) is 4. The average Bonchev–Trinajstić information content (AvgIpc) is 2.37.